The maximum atomic E-state index is 12.6. The Kier molecular flexibility index (Phi) is 6.26. The molecule has 1 amide bonds. The van der Waals surface area contributed by atoms with E-state index in [0.717, 1.165) is 33.2 Å². The summed E-state index contributed by atoms with van der Waals surface area (Å²) in [5.74, 6) is 0.575. The van der Waals surface area contributed by atoms with E-state index in [9.17, 15) is 4.79 Å². The van der Waals surface area contributed by atoms with E-state index in [1.165, 1.54) is 11.8 Å². The molecule has 5 aromatic rings. The van der Waals surface area contributed by atoms with Crippen molar-refractivity contribution in [1.29, 1.82) is 0 Å². The summed E-state index contributed by atoms with van der Waals surface area (Å²) in [5, 5.41) is 13.4. The third-order valence-electron chi connectivity index (χ3n) is 5.50. The van der Waals surface area contributed by atoms with Crippen LogP contribution in [-0.4, -0.2) is 30.9 Å². The first-order valence-corrected chi connectivity index (χ1v) is 12.1. The molecule has 5 rings (SSSR count). The van der Waals surface area contributed by atoms with Crippen molar-refractivity contribution in [2.45, 2.75) is 37.3 Å². The van der Waals surface area contributed by atoms with Crippen LogP contribution in [0.25, 0.3) is 22.1 Å². The predicted octanol–water partition coefficient (Wildman–Crippen LogP) is 5.38. The molecule has 0 aliphatic carbocycles. The Morgan fingerprint density at radius 3 is 2.85 bits per heavy atom. The summed E-state index contributed by atoms with van der Waals surface area (Å²) < 4.78 is 7.39. The fourth-order valence-electron chi connectivity index (χ4n) is 3.83. The quantitative estimate of drug-likeness (QED) is 0.308. The van der Waals surface area contributed by atoms with Gasteiger partial charge < -0.3 is 14.3 Å². The van der Waals surface area contributed by atoms with Crippen LogP contribution in [0.2, 0.25) is 5.02 Å². The number of hydrogen-bond acceptors (Lipinski definition) is 6. The van der Waals surface area contributed by atoms with Gasteiger partial charge in [0, 0.05) is 17.0 Å². The highest BCUT2D eigenvalue weighted by atomic mass is 35.5. The van der Waals surface area contributed by atoms with Gasteiger partial charge in [-0.25, -0.2) is 4.98 Å². The van der Waals surface area contributed by atoms with Crippen molar-refractivity contribution in [3.05, 3.63) is 82.8 Å². The standard InChI is InChI=1S/C25H22ClN5O2S/c1-15-8-9-21-20(11-15)22-23(31(21)14-17-5-3-6-18(26)12-17)28-25(30-29-22)34-16(2)24(32)27-13-19-7-4-10-33-19/h3-12,16H,13-14H2,1-2H3,(H,27,32). The van der Waals surface area contributed by atoms with Gasteiger partial charge in [0.15, 0.2) is 5.65 Å². The molecule has 0 radical (unpaired) electrons. The molecule has 3 aromatic heterocycles. The number of thioether (sulfide) groups is 1. The van der Waals surface area contributed by atoms with E-state index in [1.807, 2.05) is 44.2 Å². The number of carbonyl (C=O) groups excluding carboxylic acids is 1. The number of furan rings is 1. The Balaban J connectivity index is 1.46. The number of fused-ring (bicyclic) bond motifs is 3. The average Bonchev–Trinajstić information content (AvgIpc) is 3.44. The minimum Gasteiger partial charge on any atom is -0.467 e. The van der Waals surface area contributed by atoms with Crippen molar-refractivity contribution in [2.24, 2.45) is 0 Å². The van der Waals surface area contributed by atoms with Crippen molar-refractivity contribution in [1.82, 2.24) is 25.1 Å². The fraction of sp³-hybridized carbons (Fsp3) is 0.200. The van der Waals surface area contributed by atoms with Crippen LogP contribution in [0.3, 0.4) is 0 Å². The van der Waals surface area contributed by atoms with Gasteiger partial charge in [0.05, 0.1) is 23.6 Å². The van der Waals surface area contributed by atoms with Crippen molar-refractivity contribution in [3.63, 3.8) is 0 Å². The van der Waals surface area contributed by atoms with Crippen LogP contribution >= 0.6 is 23.4 Å². The minimum absolute atomic E-state index is 0.125. The van der Waals surface area contributed by atoms with Crippen LogP contribution in [0, 0.1) is 6.92 Å². The van der Waals surface area contributed by atoms with Crippen LogP contribution in [0.1, 0.15) is 23.8 Å². The lowest BCUT2D eigenvalue weighted by Gasteiger charge is -2.11. The summed E-state index contributed by atoms with van der Waals surface area (Å²) in [6.45, 7) is 4.79. The highest BCUT2D eigenvalue weighted by molar-refractivity contribution is 8.00. The number of aromatic nitrogens is 4. The van der Waals surface area contributed by atoms with Crippen molar-refractivity contribution >= 4 is 51.3 Å². The third-order valence-corrected chi connectivity index (χ3v) is 6.69. The molecule has 2 aromatic carbocycles. The Morgan fingerprint density at radius 1 is 1.18 bits per heavy atom. The monoisotopic (exact) mass is 491 g/mol. The van der Waals surface area contributed by atoms with Crippen molar-refractivity contribution < 1.29 is 9.21 Å². The largest absolute Gasteiger partial charge is 0.467 e. The molecule has 9 heteroatoms. The van der Waals surface area contributed by atoms with E-state index in [1.54, 1.807) is 12.3 Å². The molecule has 0 fully saturated rings. The van der Waals surface area contributed by atoms with E-state index in [-0.39, 0.29) is 5.91 Å². The molecule has 34 heavy (non-hydrogen) atoms. The van der Waals surface area contributed by atoms with Crippen LogP contribution in [0.15, 0.2) is 70.4 Å². The topological polar surface area (TPSA) is 85.8 Å². The summed E-state index contributed by atoms with van der Waals surface area (Å²) in [4.78, 5) is 17.4. The first kappa shape index (κ1) is 22.4. The van der Waals surface area contributed by atoms with Gasteiger partial charge >= 0.3 is 0 Å². The van der Waals surface area contributed by atoms with E-state index in [4.69, 9.17) is 21.0 Å². The number of amides is 1. The Labute approximate surface area is 205 Å². The number of carbonyl (C=O) groups is 1. The number of benzene rings is 2. The summed E-state index contributed by atoms with van der Waals surface area (Å²) in [6.07, 6.45) is 1.58. The van der Waals surface area contributed by atoms with Gasteiger partial charge in [-0.1, -0.05) is 47.1 Å². The molecule has 7 nitrogen and oxygen atoms in total. The SMILES string of the molecule is Cc1ccc2c(c1)c1nnc(SC(C)C(=O)NCc3ccco3)nc1n2Cc1cccc(Cl)c1. The molecule has 0 saturated heterocycles. The molecule has 0 aliphatic rings. The fourth-order valence-corrected chi connectivity index (χ4v) is 4.77. The molecule has 0 saturated carbocycles. The van der Waals surface area contributed by atoms with E-state index in [0.29, 0.717) is 29.0 Å². The molecule has 1 N–H and O–H groups in total. The summed E-state index contributed by atoms with van der Waals surface area (Å²) in [5.41, 5.74) is 4.68. The van der Waals surface area contributed by atoms with E-state index < -0.39 is 5.25 Å². The Hall–Kier alpha value is -3.36. The Bertz CT molecular complexity index is 1480. The second kappa shape index (κ2) is 9.48. The van der Waals surface area contributed by atoms with E-state index >= 15 is 0 Å². The summed E-state index contributed by atoms with van der Waals surface area (Å²) in [6, 6.07) is 17.6. The smallest absolute Gasteiger partial charge is 0.233 e. The molecule has 0 bridgehead atoms. The number of halogens is 1. The van der Waals surface area contributed by atoms with Gasteiger partial charge in [-0.05, 0) is 55.8 Å². The molecular formula is C25H22ClN5O2S. The Morgan fingerprint density at radius 2 is 2.06 bits per heavy atom. The normalized spacial score (nSPS) is 12.3. The van der Waals surface area contributed by atoms with Gasteiger partial charge in [0.1, 0.15) is 11.3 Å². The van der Waals surface area contributed by atoms with Gasteiger partial charge in [0.2, 0.25) is 11.1 Å². The maximum absolute atomic E-state index is 12.6. The van der Waals surface area contributed by atoms with Crippen molar-refractivity contribution in [2.75, 3.05) is 0 Å². The first-order chi connectivity index (χ1) is 16.5. The van der Waals surface area contributed by atoms with Gasteiger partial charge in [-0.15, -0.1) is 10.2 Å². The molecule has 1 unspecified atom stereocenters. The predicted molar refractivity (Wildman–Crippen MR) is 134 cm³/mol. The molecular weight excluding hydrogens is 470 g/mol. The van der Waals surface area contributed by atoms with E-state index in [2.05, 4.69) is 38.3 Å². The van der Waals surface area contributed by atoms with Gasteiger partial charge in [0.25, 0.3) is 0 Å². The molecule has 1 atom stereocenters. The number of nitrogens with zero attached hydrogens (tertiary/aromatic N) is 4. The zero-order chi connectivity index (χ0) is 23.7. The van der Waals surface area contributed by atoms with Crippen LogP contribution < -0.4 is 5.32 Å². The third kappa shape index (κ3) is 4.64. The number of aryl methyl sites for hydroxylation is 1. The highest BCUT2D eigenvalue weighted by Gasteiger charge is 2.20. The number of hydrogen-bond donors (Lipinski definition) is 1. The van der Waals surface area contributed by atoms with Gasteiger partial charge in [-0.2, -0.15) is 0 Å². The molecule has 3 heterocycles. The zero-order valence-corrected chi connectivity index (χ0v) is 20.2. The first-order valence-electron chi connectivity index (χ1n) is 10.8. The van der Waals surface area contributed by atoms with Crippen LogP contribution in [0.5, 0.6) is 0 Å². The van der Waals surface area contributed by atoms with Crippen molar-refractivity contribution in [3.8, 4) is 0 Å². The van der Waals surface area contributed by atoms with Gasteiger partial charge in [-0.3, -0.25) is 4.79 Å². The maximum Gasteiger partial charge on any atom is 0.233 e. The van der Waals surface area contributed by atoms with Crippen LogP contribution in [0.4, 0.5) is 0 Å². The lowest BCUT2D eigenvalue weighted by atomic mass is 10.1. The summed E-state index contributed by atoms with van der Waals surface area (Å²) in [7, 11) is 0. The zero-order valence-electron chi connectivity index (χ0n) is 18.7. The molecule has 172 valence electrons. The number of nitrogens with one attached hydrogen (secondary N) is 1. The lowest BCUT2D eigenvalue weighted by molar-refractivity contribution is -0.120. The lowest BCUT2D eigenvalue weighted by Crippen LogP contribution is -2.30. The average molecular weight is 492 g/mol. The minimum atomic E-state index is -0.401. The molecule has 0 spiro atoms. The number of rotatable bonds is 7. The second-order valence-corrected chi connectivity index (χ2v) is 9.80. The highest BCUT2D eigenvalue weighted by Crippen LogP contribution is 2.30. The van der Waals surface area contributed by atoms with Crippen LogP contribution in [-0.2, 0) is 17.9 Å². The summed E-state index contributed by atoms with van der Waals surface area (Å²) >= 11 is 7.49. The second-order valence-electron chi connectivity index (χ2n) is 8.06. The molecule has 0 aliphatic heterocycles.